The van der Waals surface area contributed by atoms with Crippen molar-refractivity contribution in [2.75, 3.05) is 5.32 Å². The Morgan fingerprint density at radius 2 is 2.10 bits per heavy atom. The third-order valence-electron chi connectivity index (χ3n) is 2.70. The molecule has 0 aliphatic rings. The lowest BCUT2D eigenvalue weighted by Crippen LogP contribution is -2.04. The molecule has 0 amide bonds. The molecule has 0 spiro atoms. The molecule has 6 heteroatoms. The van der Waals surface area contributed by atoms with Crippen LogP contribution in [0.1, 0.15) is 15.9 Å². The number of carboxylic acid groups (broad SMARTS) is 1. The molecule has 0 saturated heterocycles. The molecule has 104 valence electrons. The Morgan fingerprint density at radius 1 is 1.35 bits per heavy atom. The molecule has 0 aliphatic heterocycles. The van der Waals surface area contributed by atoms with Crippen molar-refractivity contribution >= 4 is 39.2 Å². The SMILES string of the molecule is O=C(O)c1ccc(CNc2cccc(Cl)c2Br)cc1F. The summed E-state index contributed by atoms with van der Waals surface area (Å²) in [7, 11) is 0. The van der Waals surface area contributed by atoms with E-state index < -0.39 is 11.8 Å². The van der Waals surface area contributed by atoms with Crippen molar-refractivity contribution in [1.29, 1.82) is 0 Å². The first-order valence-electron chi connectivity index (χ1n) is 5.68. The van der Waals surface area contributed by atoms with E-state index in [0.717, 1.165) is 10.2 Å². The molecule has 0 aromatic heterocycles. The second-order valence-electron chi connectivity index (χ2n) is 4.07. The predicted octanol–water partition coefficient (Wildman–Crippen LogP) is 4.55. The zero-order chi connectivity index (χ0) is 14.7. The van der Waals surface area contributed by atoms with Gasteiger partial charge in [0.25, 0.3) is 0 Å². The quantitative estimate of drug-likeness (QED) is 0.843. The normalized spacial score (nSPS) is 10.3. The number of benzene rings is 2. The van der Waals surface area contributed by atoms with Crippen molar-refractivity contribution in [3.05, 3.63) is 62.8 Å². The maximum absolute atomic E-state index is 13.5. The third kappa shape index (κ3) is 3.29. The second-order valence-corrected chi connectivity index (χ2v) is 5.27. The minimum Gasteiger partial charge on any atom is -0.478 e. The van der Waals surface area contributed by atoms with Crippen molar-refractivity contribution in [2.45, 2.75) is 6.54 Å². The minimum absolute atomic E-state index is 0.335. The van der Waals surface area contributed by atoms with Crippen LogP contribution in [0, 0.1) is 5.82 Å². The standard InChI is InChI=1S/C14H10BrClFNO2/c15-13-10(16)2-1-3-12(13)18-7-8-4-5-9(14(19)20)11(17)6-8/h1-6,18H,7H2,(H,19,20). The van der Waals surface area contributed by atoms with Gasteiger partial charge in [0, 0.05) is 6.54 Å². The average Bonchev–Trinajstić information content (AvgIpc) is 2.40. The van der Waals surface area contributed by atoms with Crippen LogP contribution in [0.4, 0.5) is 10.1 Å². The summed E-state index contributed by atoms with van der Waals surface area (Å²) < 4.78 is 14.3. The molecule has 0 radical (unpaired) electrons. The van der Waals surface area contributed by atoms with Crippen LogP contribution in [0.3, 0.4) is 0 Å². The second kappa shape index (κ2) is 6.24. The summed E-state index contributed by atoms with van der Waals surface area (Å²) in [6.45, 7) is 0.357. The highest BCUT2D eigenvalue weighted by Crippen LogP contribution is 2.30. The molecule has 0 fully saturated rings. The van der Waals surface area contributed by atoms with Crippen molar-refractivity contribution in [1.82, 2.24) is 0 Å². The largest absolute Gasteiger partial charge is 0.478 e. The van der Waals surface area contributed by atoms with Gasteiger partial charge in [0.15, 0.2) is 0 Å². The molecule has 0 unspecified atom stereocenters. The van der Waals surface area contributed by atoms with Crippen LogP contribution in [0.15, 0.2) is 40.9 Å². The maximum Gasteiger partial charge on any atom is 0.338 e. The molecule has 3 nitrogen and oxygen atoms in total. The third-order valence-corrected chi connectivity index (χ3v) is 4.10. The number of rotatable bonds is 4. The molecular formula is C14H10BrClFNO2. The fourth-order valence-electron chi connectivity index (χ4n) is 1.68. The maximum atomic E-state index is 13.5. The van der Waals surface area contributed by atoms with Gasteiger partial charge in [-0.2, -0.15) is 0 Å². The summed E-state index contributed by atoms with van der Waals surface area (Å²) in [6.07, 6.45) is 0. The molecule has 2 aromatic carbocycles. The molecule has 2 rings (SSSR count). The van der Waals surface area contributed by atoms with Gasteiger partial charge in [0.1, 0.15) is 5.82 Å². The van der Waals surface area contributed by atoms with Gasteiger partial charge >= 0.3 is 5.97 Å². The van der Waals surface area contributed by atoms with Gasteiger partial charge < -0.3 is 10.4 Å². The topological polar surface area (TPSA) is 49.3 Å². The Bertz CT molecular complexity index is 664. The van der Waals surface area contributed by atoms with Crippen LogP contribution in [0.2, 0.25) is 5.02 Å². The fourth-order valence-corrected chi connectivity index (χ4v) is 2.26. The number of hydrogen-bond donors (Lipinski definition) is 2. The number of anilines is 1. The van der Waals surface area contributed by atoms with Crippen molar-refractivity contribution in [3.8, 4) is 0 Å². The number of hydrogen-bond acceptors (Lipinski definition) is 2. The number of carboxylic acids is 1. The fraction of sp³-hybridized carbons (Fsp3) is 0.0714. The summed E-state index contributed by atoms with van der Waals surface area (Å²) in [5, 5.41) is 12.4. The van der Waals surface area contributed by atoms with E-state index in [4.69, 9.17) is 16.7 Å². The first-order valence-corrected chi connectivity index (χ1v) is 6.85. The summed E-state index contributed by atoms with van der Waals surface area (Å²) in [4.78, 5) is 10.7. The van der Waals surface area contributed by atoms with Crippen molar-refractivity contribution in [2.24, 2.45) is 0 Å². The smallest absolute Gasteiger partial charge is 0.338 e. The minimum atomic E-state index is -1.28. The Hall–Kier alpha value is -1.59. The Labute approximate surface area is 128 Å². The summed E-state index contributed by atoms with van der Waals surface area (Å²) in [6, 6.07) is 9.40. The molecule has 0 atom stereocenters. The highest BCUT2D eigenvalue weighted by molar-refractivity contribution is 9.10. The molecular weight excluding hydrogens is 349 g/mol. The highest BCUT2D eigenvalue weighted by Gasteiger charge is 2.10. The number of halogens is 3. The number of aromatic carboxylic acids is 1. The van der Waals surface area contributed by atoms with Crippen LogP contribution < -0.4 is 5.32 Å². The Kier molecular flexibility index (Phi) is 4.62. The van der Waals surface area contributed by atoms with Crippen molar-refractivity contribution < 1.29 is 14.3 Å². The molecule has 2 aromatic rings. The summed E-state index contributed by atoms with van der Waals surface area (Å²) in [5.74, 6) is -2.03. The van der Waals surface area contributed by atoms with E-state index >= 15 is 0 Å². The Morgan fingerprint density at radius 3 is 2.75 bits per heavy atom. The molecule has 0 saturated carbocycles. The number of nitrogens with one attached hydrogen (secondary N) is 1. The monoisotopic (exact) mass is 357 g/mol. The lowest BCUT2D eigenvalue weighted by molar-refractivity contribution is 0.0692. The Balaban J connectivity index is 2.13. The molecule has 2 N–H and O–H groups in total. The molecule has 0 bridgehead atoms. The highest BCUT2D eigenvalue weighted by atomic mass is 79.9. The van der Waals surface area contributed by atoms with E-state index in [0.29, 0.717) is 17.1 Å². The van der Waals surface area contributed by atoms with Crippen molar-refractivity contribution in [3.63, 3.8) is 0 Å². The van der Waals surface area contributed by atoms with Gasteiger partial charge in [-0.1, -0.05) is 23.7 Å². The van der Waals surface area contributed by atoms with Gasteiger partial charge in [0.2, 0.25) is 0 Å². The van der Waals surface area contributed by atoms with Crippen LogP contribution in [-0.2, 0) is 6.54 Å². The van der Waals surface area contributed by atoms with Crippen LogP contribution in [-0.4, -0.2) is 11.1 Å². The van der Waals surface area contributed by atoms with Gasteiger partial charge in [-0.15, -0.1) is 0 Å². The first-order chi connectivity index (χ1) is 9.49. The van der Waals surface area contributed by atoms with E-state index in [2.05, 4.69) is 21.2 Å². The van der Waals surface area contributed by atoms with Crippen LogP contribution >= 0.6 is 27.5 Å². The van der Waals surface area contributed by atoms with E-state index in [1.807, 2.05) is 6.07 Å². The molecule has 20 heavy (non-hydrogen) atoms. The zero-order valence-corrected chi connectivity index (χ0v) is 12.5. The van der Waals surface area contributed by atoms with Crippen LogP contribution in [0.5, 0.6) is 0 Å². The van der Waals surface area contributed by atoms with Gasteiger partial charge in [-0.25, -0.2) is 9.18 Å². The number of carbonyl (C=O) groups is 1. The lowest BCUT2D eigenvalue weighted by atomic mass is 10.1. The van der Waals surface area contributed by atoms with Gasteiger partial charge in [-0.3, -0.25) is 0 Å². The first kappa shape index (κ1) is 14.8. The summed E-state index contributed by atoms with van der Waals surface area (Å²) in [5.41, 5.74) is 1.08. The summed E-state index contributed by atoms with van der Waals surface area (Å²) >= 11 is 9.32. The predicted molar refractivity (Wildman–Crippen MR) is 79.8 cm³/mol. The van der Waals surface area contributed by atoms with E-state index in [1.165, 1.54) is 12.1 Å². The lowest BCUT2D eigenvalue weighted by Gasteiger charge is -2.10. The average molecular weight is 359 g/mol. The van der Waals surface area contributed by atoms with E-state index in [9.17, 15) is 9.18 Å². The molecule has 0 heterocycles. The van der Waals surface area contributed by atoms with Gasteiger partial charge in [-0.05, 0) is 45.8 Å². The van der Waals surface area contributed by atoms with E-state index in [1.54, 1.807) is 18.2 Å². The molecule has 0 aliphatic carbocycles. The van der Waals surface area contributed by atoms with Gasteiger partial charge in [0.05, 0.1) is 20.7 Å². The zero-order valence-electron chi connectivity index (χ0n) is 10.2. The van der Waals surface area contributed by atoms with Crippen LogP contribution in [0.25, 0.3) is 0 Å². The van der Waals surface area contributed by atoms with E-state index in [-0.39, 0.29) is 5.56 Å².